The number of nitrogens with zero attached hydrogens (tertiary/aromatic N) is 2. The second-order valence-electron chi connectivity index (χ2n) is 5.89. The average molecular weight is 283 g/mol. The molecule has 0 spiro atoms. The molecule has 2 N–H and O–H groups in total. The minimum Gasteiger partial charge on any atom is -0.341 e. The van der Waals surface area contributed by atoms with Crippen molar-refractivity contribution in [2.75, 3.05) is 20.6 Å². The van der Waals surface area contributed by atoms with Gasteiger partial charge in [-0.05, 0) is 19.3 Å². The highest BCUT2D eigenvalue weighted by molar-refractivity contribution is 5.87. The third-order valence-corrected chi connectivity index (χ3v) is 4.18. The molecule has 0 bridgehead atoms. The Balaban J connectivity index is 2.45. The molecule has 0 saturated heterocycles. The summed E-state index contributed by atoms with van der Waals surface area (Å²) in [6.07, 6.45) is 7.34. The van der Waals surface area contributed by atoms with Crippen LogP contribution >= 0.6 is 0 Å². The SMILES string of the molecule is CCCC(N)C(=O)N(C)CC(=O)N(C)C1CCCCC1. The standard InChI is InChI=1S/C15H29N3O2/c1-4-8-13(16)15(20)17(2)11-14(19)18(3)12-9-6-5-7-10-12/h12-13H,4-11,16H2,1-3H3. The number of hydrogen-bond donors (Lipinski definition) is 1. The van der Waals surface area contributed by atoms with E-state index in [1.165, 1.54) is 24.2 Å². The molecule has 0 aliphatic heterocycles. The highest BCUT2D eigenvalue weighted by atomic mass is 16.2. The molecule has 116 valence electrons. The van der Waals surface area contributed by atoms with Crippen LogP contribution in [-0.2, 0) is 9.59 Å². The maximum atomic E-state index is 12.2. The van der Waals surface area contributed by atoms with Crippen molar-refractivity contribution in [3.05, 3.63) is 0 Å². The van der Waals surface area contributed by atoms with Crippen LogP contribution in [0.4, 0.5) is 0 Å². The Morgan fingerprint density at radius 1 is 1.20 bits per heavy atom. The van der Waals surface area contributed by atoms with Crippen molar-refractivity contribution in [2.45, 2.75) is 64.0 Å². The first-order valence-electron chi connectivity index (χ1n) is 7.73. The van der Waals surface area contributed by atoms with Gasteiger partial charge in [-0.2, -0.15) is 0 Å². The van der Waals surface area contributed by atoms with Crippen molar-refractivity contribution < 1.29 is 9.59 Å². The maximum absolute atomic E-state index is 12.2. The van der Waals surface area contributed by atoms with Gasteiger partial charge in [-0.3, -0.25) is 9.59 Å². The molecule has 0 aromatic heterocycles. The van der Waals surface area contributed by atoms with Crippen molar-refractivity contribution in [1.82, 2.24) is 9.80 Å². The Morgan fingerprint density at radius 2 is 1.80 bits per heavy atom. The van der Waals surface area contributed by atoms with Crippen LogP contribution in [0.2, 0.25) is 0 Å². The van der Waals surface area contributed by atoms with Crippen LogP contribution in [0.3, 0.4) is 0 Å². The second kappa shape index (κ2) is 8.25. The molecule has 20 heavy (non-hydrogen) atoms. The van der Waals surface area contributed by atoms with Crippen LogP contribution in [0, 0.1) is 0 Å². The minimum absolute atomic E-state index is 0.0106. The molecule has 1 aliphatic rings. The van der Waals surface area contributed by atoms with E-state index in [1.54, 1.807) is 7.05 Å². The molecule has 1 unspecified atom stereocenters. The molecule has 0 aromatic rings. The van der Waals surface area contributed by atoms with Gasteiger partial charge in [0.25, 0.3) is 0 Å². The Labute approximate surface area is 122 Å². The fourth-order valence-corrected chi connectivity index (χ4v) is 2.78. The number of nitrogens with two attached hydrogens (primary N) is 1. The minimum atomic E-state index is -0.488. The number of likely N-dealkylation sites (N-methyl/N-ethyl adjacent to an activating group) is 2. The van der Waals surface area contributed by atoms with Crippen LogP contribution in [0.25, 0.3) is 0 Å². The molecular weight excluding hydrogens is 254 g/mol. The van der Waals surface area contributed by atoms with E-state index in [2.05, 4.69) is 0 Å². The highest BCUT2D eigenvalue weighted by Crippen LogP contribution is 2.21. The predicted octanol–water partition coefficient (Wildman–Crippen LogP) is 1.36. The zero-order valence-corrected chi connectivity index (χ0v) is 13.1. The van der Waals surface area contributed by atoms with E-state index >= 15 is 0 Å². The summed E-state index contributed by atoms with van der Waals surface area (Å²) in [4.78, 5) is 27.5. The van der Waals surface area contributed by atoms with Gasteiger partial charge in [0, 0.05) is 20.1 Å². The molecule has 1 saturated carbocycles. The number of amides is 2. The predicted molar refractivity (Wildman–Crippen MR) is 80.2 cm³/mol. The van der Waals surface area contributed by atoms with Crippen molar-refractivity contribution in [3.8, 4) is 0 Å². The van der Waals surface area contributed by atoms with Crippen LogP contribution in [0.5, 0.6) is 0 Å². The van der Waals surface area contributed by atoms with Gasteiger partial charge in [0.1, 0.15) is 0 Å². The van der Waals surface area contributed by atoms with Gasteiger partial charge in [0.05, 0.1) is 12.6 Å². The summed E-state index contributed by atoms with van der Waals surface area (Å²) in [7, 11) is 3.51. The zero-order chi connectivity index (χ0) is 15.1. The number of rotatable bonds is 6. The molecule has 1 fully saturated rings. The normalized spacial score (nSPS) is 17.6. The monoisotopic (exact) mass is 283 g/mol. The van der Waals surface area contributed by atoms with E-state index in [1.807, 2.05) is 18.9 Å². The van der Waals surface area contributed by atoms with Crippen LogP contribution in [0.1, 0.15) is 51.9 Å². The van der Waals surface area contributed by atoms with Crippen molar-refractivity contribution in [2.24, 2.45) is 5.73 Å². The molecule has 5 heteroatoms. The van der Waals surface area contributed by atoms with Gasteiger partial charge >= 0.3 is 0 Å². The Bertz CT molecular complexity index is 327. The summed E-state index contributed by atoms with van der Waals surface area (Å²) in [5.74, 6) is -0.131. The van der Waals surface area contributed by atoms with Crippen LogP contribution in [-0.4, -0.2) is 54.3 Å². The molecule has 5 nitrogen and oxygen atoms in total. The van der Waals surface area contributed by atoms with Gasteiger partial charge in [-0.15, -0.1) is 0 Å². The highest BCUT2D eigenvalue weighted by Gasteiger charge is 2.25. The summed E-state index contributed by atoms with van der Waals surface area (Å²) >= 11 is 0. The van der Waals surface area contributed by atoms with Crippen molar-refractivity contribution in [3.63, 3.8) is 0 Å². The third-order valence-electron chi connectivity index (χ3n) is 4.18. The summed E-state index contributed by atoms with van der Waals surface area (Å²) in [6.45, 7) is 2.12. The van der Waals surface area contributed by atoms with Gasteiger partial charge in [-0.1, -0.05) is 32.6 Å². The molecule has 2 amide bonds. The van der Waals surface area contributed by atoms with Gasteiger partial charge in [-0.25, -0.2) is 0 Å². The van der Waals surface area contributed by atoms with Gasteiger partial charge < -0.3 is 15.5 Å². The van der Waals surface area contributed by atoms with E-state index in [0.717, 1.165) is 19.3 Å². The largest absolute Gasteiger partial charge is 0.341 e. The topological polar surface area (TPSA) is 66.6 Å². The van der Waals surface area contributed by atoms with E-state index in [0.29, 0.717) is 12.5 Å². The lowest BCUT2D eigenvalue weighted by Gasteiger charge is -2.32. The lowest BCUT2D eigenvalue weighted by Crippen LogP contribution is -2.48. The first-order valence-corrected chi connectivity index (χ1v) is 7.73. The molecule has 0 radical (unpaired) electrons. The quantitative estimate of drug-likeness (QED) is 0.800. The van der Waals surface area contributed by atoms with Gasteiger partial charge in [0.15, 0.2) is 0 Å². The molecular formula is C15H29N3O2. The van der Waals surface area contributed by atoms with Crippen molar-refractivity contribution in [1.29, 1.82) is 0 Å². The van der Waals surface area contributed by atoms with Crippen LogP contribution < -0.4 is 5.73 Å². The van der Waals surface area contributed by atoms with Gasteiger partial charge in [0.2, 0.25) is 11.8 Å². The Hall–Kier alpha value is -1.10. The Morgan fingerprint density at radius 3 is 2.35 bits per heavy atom. The molecule has 1 aliphatic carbocycles. The average Bonchev–Trinajstić information content (AvgIpc) is 2.46. The maximum Gasteiger partial charge on any atom is 0.242 e. The fourth-order valence-electron chi connectivity index (χ4n) is 2.78. The summed E-state index contributed by atoms with van der Waals surface area (Å²) in [5, 5.41) is 0. The first-order chi connectivity index (χ1) is 9.47. The summed E-state index contributed by atoms with van der Waals surface area (Å²) in [5.41, 5.74) is 5.81. The smallest absolute Gasteiger partial charge is 0.242 e. The number of hydrogen-bond acceptors (Lipinski definition) is 3. The Kier molecular flexibility index (Phi) is 6.99. The van der Waals surface area contributed by atoms with E-state index in [-0.39, 0.29) is 18.4 Å². The zero-order valence-electron chi connectivity index (χ0n) is 13.1. The number of carbonyl (C=O) groups excluding carboxylic acids is 2. The molecule has 1 rings (SSSR count). The molecule has 0 aromatic carbocycles. The third kappa shape index (κ3) is 4.78. The molecule has 0 heterocycles. The lowest BCUT2D eigenvalue weighted by atomic mass is 9.94. The molecule has 1 atom stereocenters. The van der Waals surface area contributed by atoms with Crippen molar-refractivity contribution >= 4 is 11.8 Å². The van der Waals surface area contributed by atoms with E-state index < -0.39 is 6.04 Å². The van der Waals surface area contributed by atoms with E-state index in [9.17, 15) is 9.59 Å². The number of carbonyl (C=O) groups is 2. The first kappa shape index (κ1) is 17.0. The van der Waals surface area contributed by atoms with Crippen LogP contribution in [0.15, 0.2) is 0 Å². The second-order valence-corrected chi connectivity index (χ2v) is 5.89. The fraction of sp³-hybridized carbons (Fsp3) is 0.867. The van der Waals surface area contributed by atoms with E-state index in [4.69, 9.17) is 5.73 Å². The summed E-state index contributed by atoms with van der Waals surface area (Å²) in [6, 6.07) is -0.151. The summed E-state index contributed by atoms with van der Waals surface area (Å²) < 4.78 is 0. The lowest BCUT2D eigenvalue weighted by molar-refractivity contribution is -0.140.